The minimum atomic E-state index is -4.53. The van der Waals surface area contributed by atoms with Gasteiger partial charge in [0.25, 0.3) is 5.69 Å². The normalized spacial score (nSPS) is 11.9. The van der Waals surface area contributed by atoms with Gasteiger partial charge in [0.05, 0.1) is 27.3 Å². The predicted molar refractivity (Wildman–Crippen MR) is 93.5 cm³/mol. The molecule has 28 heavy (non-hydrogen) atoms. The molecule has 2 heterocycles. The monoisotopic (exact) mass is 385 g/mol. The average molecular weight is 385 g/mol. The number of allylic oxidation sites excluding steroid dienone is 1. The molecule has 2 aromatic heterocycles. The SMILES string of the molecule is N#C/C(=C/c1ccc(-c2ccccc2[N+](=O)[O-])o1)c1ccc(C(F)(F)F)cn1. The fraction of sp³-hybridized carbons (Fsp3) is 0.0526. The van der Waals surface area contributed by atoms with Gasteiger partial charge >= 0.3 is 6.18 Å². The molecule has 6 nitrogen and oxygen atoms in total. The van der Waals surface area contributed by atoms with E-state index in [9.17, 15) is 28.5 Å². The van der Waals surface area contributed by atoms with E-state index >= 15 is 0 Å². The molecule has 0 atom stereocenters. The molecule has 0 unspecified atom stereocenters. The summed E-state index contributed by atoms with van der Waals surface area (Å²) in [6, 6.07) is 12.8. The van der Waals surface area contributed by atoms with Crippen LogP contribution in [0.15, 0.2) is 59.1 Å². The molecule has 3 rings (SSSR count). The second-order valence-corrected chi connectivity index (χ2v) is 5.58. The van der Waals surface area contributed by atoms with Gasteiger partial charge < -0.3 is 4.42 Å². The van der Waals surface area contributed by atoms with Crippen molar-refractivity contribution >= 4 is 17.3 Å². The summed E-state index contributed by atoms with van der Waals surface area (Å²) in [7, 11) is 0. The zero-order chi connectivity index (χ0) is 20.3. The fourth-order valence-electron chi connectivity index (χ4n) is 2.44. The lowest BCUT2D eigenvalue weighted by atomic mass is 10.1. The van der Waals surface area contributed by atoms with Crippen LogP contribution in [0, 0.1) is 21.4 Å². The molecule has 0 bridgehead atoms. The Labute approximate surface area is 156 Å². The van der Waals surface area contributed by atoms with Gasteiger partial charge in [0.2, 0.25) is 0 Å². The van der Waals surface area contributed by atoms with Gasteiger partial charge in [-0.1, -0.05) is 12.1 Å². The summed E-state index contributed by atoms with van der Waals surface area (Å²) in [4.78, 5) is 14.3. The maximum absolute atomic E-state index is 12.6. The van der Waals surface area contributed by atoms with Crippen LogP contribution in [0.3, 0.4) is 0 Å². The summed E-state index contributed by atoms with van der Waals surface area (Å²) in [6.07, 6.45) is -2.59. The summed E-state index contributed by atoms with van der Waals surface area (Å²) in [6.45, 7) is 0. The van der Waals surface area contributed by atoms with Crippen molar-refractivity contribution in [3.8, 4) is 17.4 Å². The molecule has 0 aliphatic heterocycles. The quantitative estimate of drug-likeness (QED) is 0.344. The summed E-state index contributed by atoms with van der Waals surface area (Å²) in [5, 5.41) is 20.4. The largest absolute Gasteiger partial charge is 0.456 e. The Morgan fingerprint density at radius 1 is 1.18 bits per heavy atom. The number of nitro benzene ring substituents is 1. The van der Waals surface area contributed by atoms with Gasteiger partial charge in [-0.15, -0.1) is 0 Å². The van der Waals surface area contributed by atoms with Crippen molar-refractivity contribution in [2.75, 3.05) is 0 Å². The van der Waals surface area contributed by atoms with Crippen molar-refractivity contribution in [3.05, 3.63) is 81.9 Å². The molecule has 9 heteroatoms. The number of hydrogen-bond donors (Lipinski definition) is 0. The van der Waals surface area contributed by atoms with Crippen LogP contribution in [0.4, 0.5) is 18.9 Å². The number of pyridine rings is 1. The molecule has 140 valence electrons. The van der Waals surface area contributed by atoms with Crippen LogP contribution in [-0.2, 0) is 6.18 Å². The van der Waals surface area contributed by atoms with Crippen molar-refractivity contribution in [1.82, 2.24) is 4.98 Å². The van der Waals surface area contributed by atoms with Crippen LogP contribution in [0.1, 0.15) is 17.0 Å². The van der Waals surface area contributed by atoms with Crippen LogP contribution in [-0.4, -0.2) is 9.91 Å². The lowest BCUT2D eigenvalue weighted by Gasteiger charge is -2.06. The number of halogens is 3. The number of aromatic nitrogens is 1. The van der Waals surface area contributed by atoms with Gasteiger partial charge in [-0.3, -0.25) is 15.1 Å². The number of nitrogens with zero attached hydrogens (tertiary/aromatic N) is 3. The molecular weight excluding hydrogens is 375 g/mol. The van der Waals surface area contributed by atoms with Crippen molar-refractivity contribution < 1.29 is 22.5 Å². The van der Waals surface area contributed by atoms with Crippen molar-refractivity contribution in [2.45, 2.75) is 6.18 Å². The fourth-order valence-corrected chi connectivity index (χ4v) is 2.44. The van der Waals surface area contributed by atoms with Crippen LogP contribution in [0.25, 0.3) is 23.0 Å². The summed E-state index contributed by atoms with van der Waals surface area (Å²) < 4.78 is 43.4. The highest BCUT2D eigenvalue weighted by molar-refractivity contribution is 5.87. The summed E-state index contributed by atoms with van der Waals surface area (Å²) in [5.74, 6) is 0.419. The summed E-state index contributed by atoms with van der Waals surface area (Å²) >= 11 is 0. The number of hydrogen-bond acceptors (Lipinski definition) is 5. The molecule has 3 aromatic rings. The van der Waals surface area contributed by atoms with Crippen LogP contribution >= 0.6 is 0 Å². The lowest BCUT2D eigenvalue weighted by molar-refractivity contribution is -0.384. The number of alkyl halides is 3. The van der Waals surface area contributed by atoms with Gasteiger partial charge in [-0.05, 0) is 30.3 Å². The highest BCUT2D eigenvalue weighted by atomic mass is 19.4. The van der Waals surface area contributed by atoms with Crippen LogP contribution in [0.5, 0.6) is 0 Å². The van der Waals surface area contributed by atoms with E-state index in [0.29, 0.717) is 6.20 Å². The van der Waals surface area contributed by atoms with Gasteiger partial charge in [0, 0.05) is 18.3 Å². The van der Waals surface area contributed by atoms with Gasteiger partial charge in [-0.2, -0.15) is 18.4 Å². The second kappa shape index (κ2) is 7.36. The van der Waals surface area contributed by atoms with E-state index in [1.165, 1.54) is 36.4 Å². The number of para-hydroxylation sites is 1. The van der Waals surface area contributed by atoms with E-state index in [-0.39, 0.29) is 34.0 Å². The number of nitro groups is 1. The number of furan rings is 1. The first-order chi connectivity index (χ1) is 13.3. The van der Waals surface area contributed by atoms with Gasteiger partial charge in [-0.25, -0.2) is 0 Å². The van der Waals surface area contributed by atoms with Crippen LogP contribution < -0.4 is 0 Å². The van der Waals surface area contributed by atoms with E-state index in [1.54, 1.807) is 6.07 Å². The molecule has 0 aliphatic rings. The lowest BCUT2D eigenvalue weighted by Crippen LogP contribution is -2.05. The Hall–Kier alpha value is -3.93. The van der Waals surface area contributed by atoms with E-state index in [4.69, 9.17) is 4.42 Å². The maximum atomic E-state index is 12.6. The van der Waals surface area contributed by atoms with Gasteiger partial charge in [0.1, 0.15) is 17.6 Å². The molecule has 0 fully saturated rings. The highest BCUT2D eigenvalue weighted by Crippen LogP contribution is 2.32. The van der Waals surface area contributed by atoms with Gasteiger partial charge in [0.15, 0.2) is 0 Å². The third kappa shape index (κ3) is 3.91. The zero-order valence-electron chi connectivity index (χ0n) is 14.0. The Bertz CT molecular complexity index is 1090. The number of rotatable bonds is 4. The molecule has 0 amide bonds. The third-order valence-corrected chi connectivity index (χ3v) is 3.77. The Morgan fingerprint density at radius 3 is 2.54 bits per heavy atom. The second-order valence-electron chi connectivity index (χ2n) is 5.58. The average Bonchev–Trinajstić information content (AvgIpc) is 3.14. The first kappa shape index (κ1) is 18.8. The molecule has 0 radical (unpaired) electrons. The first-order valence-corrected chi connectivity index (χ1v) is 7.78. The smallest absolute Gasteiger partial charge is 0.417 e. The van der Waals surface area contributed by atoms with Crippen molar-refractivity contribution in [3.63, 3.8) is 0 Å². The molecule has 0 saturated carbocycles. The van der Waals surface area contributed by atoms with Crippen molar-refractivity contribution in [1.29, 1.82) is 5.26 Å². The number of benzene rings is 1. The highest BCUT2D eigenvalue weighted by Gasteiger charge is 2.30. The topological polar surface area (TPSA) is 93.0 Å². The maximum Gasteiger partial charge on any atom is 0.417 e. The van der Waals surface area contributed by atoms with E-state index in [2.05, 4.69) is 4.98 Å². The Morgan fingerprint density at radius 2 is 1.93 bits per heavy atom. The first-order valence-electron chi connectivity index (χ1n) is 7.78. The predicted octanol–water partition coefficient (Wildman–Crippen LogP) is 5.33. The standard InChI is InChI=1S/C19H10F3N3O3/c20-19(21,22)13-5-7-16(24-11-13)12(10-23)9-14-6-8-18(28-14)15-3-1-2-4-17(15)25(26)27/h1-9,11H/b12-9-. The summed E-state index contributed by atoms with van der Waals surface area (Å²) in [5.41, 5.74) is -0.780. The number of nitriles is 1. The third-order valence-electron chi connectivity index (χ3n) is 3.77. The zero-order valence-corrected chi connectivity index (χ0v) is 14.0. The van der Waals surface area contributed by atoms with Crippen molar-refractivity contribution in [2.24, 2.45) is 0 Å². The Balaban J connectivity index is 1.94. The minimum absolute atomic E-state index is 0.0165. The molecule has 0 spiro atoms. The minimum Gasteiger partial charge on any atom is -0.456 e. The van der Waals surface area contributed by atoms with Crippen LogP contribution in [0.2, 0.25) is 0 Å². The van der Waals surface area contributed by atoms with E-state index in [1.807, 2.05) is 6.07 Å². The van der Waals surface area contributed by atoms with E-state index < -0.39 is 16.7 Å². The molecule has 0 aliphatic carbocycles. The van der Waals surface area contributed by atoms with E-state index in [0.717, 1.165) is 12.1 Å². The molecule has 0 N–H and O–H groups in total. The molecule has 0 saturated heterocycles. The molecular formula is C19H10F3N3O3. The molecule has 1 aromatic carbocycles. The Kier molecular flexibility index (Phi) is 4.96.